The van der Waals surface area contributed by atoms with Crippen molar-refractivity contribution < 1.29 is 14.3 Å². The summed E-state index contributed by atoms with van der Waals surface area (Å²) in [4.78, 5) is 28.8. The molecule has 0 saturated carbocycles. The molecule has 4 rings (SSSR count). The summed E-state index contributed by atoms with van der Waals surface area (Å²) in [6.45, 7) is 0. The van der Waals surface area contributed by atoms with Gasteiger partial charge < -0.3 is 15.4 Å². The van der Waals surface area contributed by atoms with Crippen LogP contribution in [0.15, 0.2) is 91.1 Å². The number of para-hydroxylation sites is 2. The van der Waals surface area contributed by atoms with Gasteiger partial charge in [0.15, 0.2) is 0 Å². The maximum absolute atomic E-state index is 12.3. The number of pyridine rings is 1. The number of nitrogens with zero attached hydrogens (tertiary/aromatic N) is 1. The van der Waals surface area contributed by atoms with Gasteiger partial charge in [0.05, 0.1) is 11.2 Å². The summed E-state index contributed by atoms with van der Waals surface area (Å²) >= 11 is 0. The smallest absolute Gasteiger partial charge is 0.233 e. The SMILES string of the molecule is O=C(CC(=O)Nc1cccc2cccnc12)Nc1ccc(Oc2ccccc2)cc1. The third-order valence-corrected chi connectivity index (χ3v) is 4.34. The van der Waals surface area contributed by atoms with Crippen molar-refractivity contribution in [1.29, 1.82) is 0 Å². The average Bonchev–Trinajstić information content (AvgIpc) is 2.76. The van der Waals surface area contributed by atoms with Crippen LogP contribution < -0.4 is 15.4 Å². The fourth-order valence-corrected chi connectivity index (χ4v) is 2.98. The second kappa shape index (κ2) is 8.87. The number of carbonyl (C=O) groups is 2. The predicted molar refractivity (Wildman–Crippen MR) is 117 cm³/mol. The van der Waals surface area contributed by atoms with Gasteiger partial charge in [-0.25, -0.2) is 0 Å². The van der Waals surface area contributed by atoms with Crippen molar-refractivity contribution in [3.8, 4) is 11.5 Å². The summed E-state index contributed by atoms with van der Waals surface area (Å²) in [5.74, 6) is 0.571. The lowest BCUT2D eigenvalue weighted by atomic mass is 10.2. The second-order valence-electron chi connectivity index (χ2n) is 6.59. The molecule has 0 radical (unpaired) electrons. The monoisotopic (exact) mass is 397 g/mol. The van der Waals surface area contributed by atoms with Crippen molar-refractivity contribution in [2.45, 2.75) is 6.42 Å². The zero-order valence-corrected chi connectivity index (χ0v) is 16.0. The van der Waals surface area contributed by atoms with E-state index in [9.17, 15) is 9.59 Å². The number of nitrogens with one attached hydrogen (secondary N) is 2. The molecule has 0 aliphatic carbocycles. The van der Waals surface area contributed by atoms with Crippen LogP contribution in [0.5, 0.6) is 11.5 Å². The highest BCUT2D eigenvalue weighted by atomic mass is 16.5. The molecule has 4 aromatic rings. The molecule has 0 bridgehead atoms. The lowest BCUT2D eigenvalue weighted by Gasteiger charge is -2.09. The Morgan fingerprint density at radius 3 is 2.23 bits per heavy atom. The van der Waals surface area contributed by atoms with Crippen LogP contribution in [0.25, 0.3) is 10.9 Å². The number of anilines is 2. The Hall–Kier alpha value is -4.19. The maximum Gasteiger partial charge on any atom is 0.233 e. The minimum Gasteiger partial charge on any atom is -0.457 e. The molecular formula is C24H19N3O3. The molecule has 148 valence electrons. The van der Waals surface area contributed by atoms with Gasteiger partial charge in [-0.2, -0.15) is 0 Å². The van der Waals surface area contributed by atoms with Crippen molar-refractivity contribution in [2.75, 3.05) is 10.6 Å². The molecule has 30 heavy (non-hydrogen) atoms. The minimum absolute atomic E-state index is 0.300. The number of ether oxygens (including phenoxy) is 1. The first-order chi connectivity index (χ1) is 14.7. The average molecular weight is 397 g/mol. The first-order valence-electron chi connectivity index (χ1n) is 9.44. The number of aromatic nitrogens is 1. The summed E-state index contributed by atoms with van der Waals surface area (Å²) in [5, 5.41) is 6.39. The van der Waals surface area contributed by atoms with Gasteiger partial charge in [0.25, 0.3) is 0 Å². The van der Waals surface area contributed by atoms with E-state index in [1.165, 1.54) is 0 Å². The van der Waals surface area contributed by atoms with E-state index in [-0.39, 0.29) is 6.42 Å². The predicted octanol–water partition coefficient (Wildman–Crippen LogP) is 4.99. The Kier molecular flexibility index (Phi) is 5.66. The number of hydrogen-bond donors (Lipinski definition) is 2. The fourth-order valence-electron chi connectivity index (χ4n) is 2.98. The van der Waals surface area contributed by atoms with Crippen LogP contribution in [0.4, 0.5) is 11.4 Å². The maximum atomic E-state index is 12.3. The van der Waals surface area contributed by atoms with E-state index in [4.69, 9.17) is 4.74 Å². The van der Waals surface area contributed by atoms with Gasteiger partial charge in [0, 0.05) is 17.3 Å². The van der Waals surface area contributed by atoms with E-state index in [1.54, 1.807) is 36.5 Å². The van der Waals surface area contributed by atoms with Crippen LogP contribution in [-0.2, 0) is 9.59 Å². The summed E-state index contributed by atoms with van der Waals surface area (Å²) in [7, 11) is 0. The lowest BCUT2D eigenvalue weighted by molar-refractivity contribution is -0.123. The van der Waals surface area contributed by atoms with E-state index in [1.807, 2.05) is 54.6 Å². The topological polar surface area (TPSA) is 80.3 Å². The third-order valence-electron chi connectivity index (χ3n) is 4.34. The fraction of sp³-hybridized carbons (Fsp3) is 0.0417. The minimum atomic E-state index is -0.408. The summed E-state index contributed by atoms with van der Waals surface area (Å²) in [6.07, 6.45) is 1.36. The second-order valence-corrected chi connectivity index (χ2v) is 6.59. The molecule has 0 saturated heterocycles. The van der Waals surface area contributed by atoms with E-state index < -0.39 is 11.8 Å². The van der Waals surface area contributed by atoms with Gasteiger partial charge in [-0.1, -0.05) is 36.4 Å². The molecule has 3 aromatic carbocycles. The van der Waals surface area contributed by atoms with E-state index in [2.05, 4.69) is 15.6 Å². The molecule has 1 aromatic heterocycles. The molecule has 0 atom stereocenters. The van der Waals surface area contributed by atoms with Crippen LogP contribution in [0.3, 0.4) is 0 Å². The van der Waals surface area contributed by atoms with E-state index in [0.717, 1.165) is 11.1 Å². The van der Waals surface area contributed by atoms with Gasteiger partial charge >= 0.3 is 0 Å². The van der Waals surface area contributed by atoms with Gasteiger partial charge in [-0.15, -0.1) is 0 Å². The number of hydrogen-bond acceptors (Lipinski definition) is 4. The lowest BCUT2D eigenvalue weighted by Crippen LogP contribution is -2.21. The zero-order chi connectivity index (χ0) is 20.8. The molecule has 0 fully saturated rings. The van der Waals surface area contributed by atoms with E-state index in [0.29, 0.717) is 22.6 Å². The van der Waals surface area contributed by atoms with Crippen molar-refractivity contribution in [2.24, 2.45) is 0 Å². The number of fused-ring (bicyclic) bond motifs is 1. The number of carbonyl (C=O) groups excluding carboxylic acids is 2. The van der Waals surface area contributed by atoms with Crippen LogP contribution in [0.1, 0.15) is 6.42 Å². The number of amides is 2. The molecule has 6 heteroatoms. The molecule has 0 unspecified atom stereocenters. The van der Waals surface area contributed by atoms with E-state index >= 15 is 0 Å². The van der Waals surface area contributed by atoms with Crippen LogP contribution in [-0.4, -0.2) is 16.8 Å². The molecule has 6 nitrogen and oxygen atoms in total. The Morgan fingerprint density at radius 1 is 0.733 bits per heavy atom. The van der Waals surface area contributed by atoms with Gasteiger partial charge in [0.2, 0.25) is 11.8 Å². The number of rotatable bonds is 6. The third kappa shape index (κ3) is 4.80. The summed E-state index contributed by atoms with van der Waals surface area (Å²) in [5.41, 5.74) is 1.84. The first kappa shape index (κ1) is 19.1. The van der Waals surface area contributed by atoms with Crippen molar-refractivity contribution >= 4 is 34.1 Å². The summed E-state index contributed by atoms with van der Waals surface area (Å²) in [6, 6.07) is 25.6. The molecule has 0 aliphatic rings. The molecule has 1 heterocycles. The van der Waals surface area contributed by atoms with Gasteiger partial charge in [-0.05, 0) is 48.5 Å². The largest absolute Gasteiger partial charge is 0.457 e. The molecule has 0 spiro atoms. The Morgan fingerprint density at radius 2 is 1.43 bits per heavy atom. The van der Waals surface area contributed by atoms with Crippen LogP contribution >= 0.6 is 0 Å². The zero-order valence-electron chi connectivity index (χ0n) is 16.0. The Bertz CT molecular complexity index is 1170. The normalized spacial score (nSPS) is 10.4. The molecular weight excluding hydrogens is 378 g/mol. The van der Waals surface area contributed by atoms with Crippen LogP contribution in [0.2, 0.25) is 0 Å². The van der Waals surface area contributed by atoms with Crippen molar-refractivity contribution in [3.63, 3.8) is 0 Å². The van der Waals surface area contributed by atoms with Gasteiger partial charge in [0.1, 0.15) is 17.9 Å². The van der Waals surface area contributed by atoms with Crippen molar-refractivity contribution in [1.82, 2.24) is 4.98 Å². The highest BCUT2D eigenvalue weighted by Gasteiger charge is 2.12. The quantitative estimate of drug-likeness (QED) is 0.449. The highest BCUT2D eigenvalue weighted by molar-refractivity contribution is 6.10. The Balaban J connectivity index is 1.33. The summed E-state index contributed by atoms with van der Waals surface area (Å²) < 4.78 is 5.72. The Labute approximate surface area is 173 Å². The molecule has 2 amide bonds. The standard InChI is InChI=1S/C24H19N3O3/c28-22(16-23(29)27-21-10-4-6-17-7-5-15-25-24(17)21)26-18-11-13-20(14-12-18)30-19-8-2-1-3-9-19/h1-15H,16H2,(H,26,28)(H,27,29). The van der Waals surface area contributed by atoms with Gasteiger partial charge in [-0.3, -0.25) is 14.6 Å². The van der Waals surface area contributed by atoms with Crippen molar-refractivity contribution in [3.05, 3.63) is 91.1 Å². The number of benzene rings is 3. The van der Waals surface area contributed by atoms with Crippen LogP contribution in [0, 0.1) is 0 Å². The highest BCUT2D eigenvalue weighted by Crippen LogP contribution is 2.23. The molecule has 2 N–H and O–H groups in total. The molecule has 0 aliphatic heterocycles. The first-order valence-corrected chi connectivity index (χ1v) is 9.44.